The van der Waals surface area contributed by atoms with E-state index in [0.717, 1.165) is 25.7 Å². The van der Waals surface area contributed by atoms with Crippen LogP contribution in [0.2, 0.25) is 0 Å². The van der Waals surface area contributed by atoms with Crippen molar-refractivity contribution in [2.24, 2.45) is 0 Å². The predicted octanol–water partition coefficient (Wildman–Crippen LogP) is 3.06. The van der Waals surface area contributed by atoms with Crippen molar-refractivity contribution in [1.82, 2.24) is 9.72 Å². The van der Waals surface area contributed by atoms with E-state index in [0.29, 0.717) is 30.3 Å². The molecule has 2 rings (SSSR count). The lowest BCUT2D eigenvalue weighted by Crippen LogP contribution is -2.23. The van der Waals surface area contributed by atoms with Gasteiger partial charge in [0.25, 0.3) is 0 Å². The maximum Gasteiger partial charge on any atom is 0.441 e. The first kappa shape index (κ1) is 17.8. The van der Waals surface area contributed by atoms with Gasteiger partial charge in [-0.1, -0.05) is 11.6 Å². The number of hydrogen-bond acceptors (Lipinski definition) is 7. The van der Waals surface area contributed by atoms with Crippen LogP contribution >= 0.6 is 19.4 Å². The first-order chi connectivity index (χ1) is 10.6. The Bertz CT molecular complexity index is 563. The Hall–Kier alpha value is -0.560. The Balaban J connectivity index is 1.98. The maximum absolute atomic E-state index is 12.4. The Morgan fingerprint density at radius 2 is 2.09 bits per heavy atom. The van der Waals surface area contributed by atoms with Gasteiger partial charge in [0.1, 0.15) is 0 Å². The average molecular weight is 350 g/mol. The molecule has 1 aromatic rings. The predicted molar refractivity (Wildman–Crippen MR) is 85.5 cm³/mol. The third kappa shape index (κ3) is 4.47. The highest BCUT2D eigenvalue weighted by atomic mass is 32.2. The van der Waals surface area contributed by atoms with Gasteiger partial charge < -0.3 is 9.05 Å². The van der Waals surface area contributed by atoms with E-state index in [2.05, 4.69) is 5.16 Å². The van der Waals surface area contributed by atoms with Crippen molar-refractivity contribution < 1.29 is 18.1 Å². The fourth-order valence-corrected chi connectivity index (χ4v) is 5.93. The van der Waals surface area contributed by atoms with Crippen molar-refractivity contribution in [1.29, 1.82) is 0 Å². The Kier molecular flexibility index (Phi) is 6.74. The zero-order valence-corrected chi connectivity index (χ0v) is 14.7. The molecule has 0 aromatic carbocycles. The van der Waals surface area contributed by atoms with Crippen molar-refractivity contribution in [2.75, 3.05) is 24.5 Å². The number of thioether (sulfide) groups is 1. The van der Waals surface area contributed by atoms with Gasteiger partial charge in [0.15, 0.2) is 5.82 Å². The normalized spacial score (nSPS) is 18.9. The molecule has 0 spiro atoms. The molecule has 0 saturated carbocycles. The third-order valence-electron chi connectivity index (χ3n) is 3.47. The topological polar surface area (TPSA) is 83.6 Å². The van der Waals surface area contributed by atoms with Crippen LogP contribution in [-0.2, 0) is 20.0 Å². The second-order valence-electron chi connectivity index (χ2n) is 5.08. The number of fused-ring (bicyclic) bond motifs is 1. The maximum atomic E-state index is 12.4. The van der Waals surface area contributed by atoms with E-state index < -0.39 is 13.4 Å². The van der Waals surface area contributed by atoms with Crippen LogP contribution in [0.3, 0.4) is 0 Å². The average Bonchev–Trinajstić information content (AvgIpc) is 2.71. The smallest absolute Gasteiger partial charge is 0.308 e. The summed E-state index contributed by atoms with van der Waals surface area (Å²) in [5.41, 5.74) is 0.292. The molecule has 0 aliphatic carbocycles. The third-order valence-corrected chi connectivity index (χ3v) is 7.39. The molecule has 126 valence electrons. The van der Waals surface area contributed by atoms with Crippen LogP contribution in [0.4, 0.5) is 0 Å². The summed E-state index contributed by atoms with van der Waals surface area (Å²) in [6.45, 7) is 4.31. The fourth-order valence-electron chi connectivity index (χ4n) is 2.57. The van der Waals surface area contributed by atoms with Crippen LogP contribution in [0.1, 0.15) is 45.0 Å². The first-order valence-corrected chi connectivity index (χ1v) is 10.5. The molecule has 22 heavy (non-hydrogen) atoms. The highest BCUT2D eigenvalue weighted by molar-refractivity contribution is 8.04. The van der Waals surface area contributed by atoms with Crippen molar-refractivity contribution >= 4 is 19.4 Å². The molecule has 0 radical (unpaired) electrons. The van der Waals surface area contributed by atoms with Gasteiger partial charge in [-0.25, -0.2) is 4.79 Å². The summed E-state index contributed by atoms with van der Waals surface area (Å²) >= 11 is 1.49. The second-order valence-corrected chi connectivity index (χ2v) is 8.59. The van der Waals surface area contributed by atoms with Gasteiger partial charge in [-0.15, -0.1) is 11.8 Å². The van der Waals surface area contributed by atoms with Crippen molar-refractivity contribution in [2.45, 2.75) is 45.6 Å². The van der Waals surface area contributed by atoms with Gasteiger partial charge in [-0.3, -0.25) is 13.7 Å². The number of aromatic nitrogens is 2. The monoisotopic (exact) mass is 350 g/mol. The summed E-state index contributed by atoms with van der Waals surface area (Å²) < 4.78 is 29.4. The molecule has 1 aromatic heterocycles. The summed E-state index contributed by atoms with van der Waals surface area (Å²) in [6.07, 6.45) is 3.71. The van der Waals surface area contributed by atoms with Crippen LogP contribution in [0.5, 0.6) is 0 Å². The standard InChI is InChI=1S/C13H23N2O5PS/c1-3-18-21(17,19-4-2)10-22-9-11-7-5-6-8-12-14-20-13(16)15(11)12/h11H,3-10H2,1-2H3. The van der Waals surface area contributed by atoms with E-state index in [1.54, 1.807) is 18.4 Å². The minimum absolute atomic E-state index is 0.0259. The molecule has 1 atom stereocenters. The Morgan fingerprint density at radius 1 is 1.36 bits per heavy atom. The van der Waals surface area contributed by atoms with Gasteiger partial charge in [0.2, 0.25) is 0 Å². The summed E-state index contributed by atoms with van der Waals surface area (Å²) in [6, 6.07) is 0.0259. The Labute approximate surface area is 134 Å². The van der Waals surface area contributed by atoms with Crippen LogP contribution in [0, 0.1) is 0 Å². The molecule has 7 nitrogen and oxygen atoms in total. The zero-order chi connectivity index (χ0) is 16.0. The van der Waals surface area contributed by atoms with Crippen LogP contribution in [0.25, 0.3) is 0 Å². The Morgan fingerprint density at radius 3 is 2.77 bits per heavy atom. The summed E-state index contributed by atoms with van der Waals surface area (Å²) in [5, 5.41) is 3.84. The largest absolute Gasteiger partial charge is 0.441 e. The van der Waals surface area contributed by atoms with Crippen molar-refractivity contribution in [3.05, 3.63) is 16.4 Å². The second kappa shape index (κ2) is 8.34. The molecule has 1 aliphatic heterocycles. The number of nitrogens with zero attached hydrogens (tertiary/aromatic N) is 2. The van der Waals surface area contributed by atoms with Gasteiger partial charge >= 0.3 is 13.4 Å². The number of aryl methyl sites for hydroxylation is 1. The van der Waals surface area contributed by atoms with E-state index in [-0.39, 0.29) is 6.04 Å². The quantitative estimate of drug-likeness (QED) is 0.666. The zero-order valence-electron chi connectivity index (χ0n) is 13.0. The van der Waals surface area contributed by atoms with Crippen LogP contribution < -0.4 is 5.76 Å². The SMILES string of the molecule is CCOP(=O)(CSCC1CCCCc2noc(=O)n21)OCC. The molecule has 0 fully saturated rings. The van der Waals surface area contributed by atoms with Gasteiger partial charge in [-0.2, -0.15) is 0 Å². The van der Waals surface area contributed by atoms with Crippen LogP contribution in [-0.4, -0.2) is 34.2 Å². The molecule has 0 bridgehead atoms. The molecular weight excluding hydrogens is 327 g/mol. The summed E-state index contributed by atoms with van der Waals surface area (Å²) in [5.74, 6) is 0.976. The number of hydrogen-bond donors (Lipinski definition) is 0. The fraction of sp³-hybridized carbons (Fsp3) is 0.846. The highest BCUT2D eigenvalue weighted by Gasteiger charge is 2.27. The molecule has 2 heterocycles. The molecule has 1 unspecified atom stereocenters. The van der Waals surface area contributed by atoms with E-state index >= 15 is 0 Å². The molecule has 0 saturated heterocycles. The molecule has 9 heteroatoms. The molecular formula is C13H23N2O5PS. The number of rotatable bonds is 8. The van der Waals surface area contributed by atoms with Gasteiger partial charge in [-0.05, 0) is 26.7 Å². The van der Waals surface area contributed by atoms with E-state index in [9.17, 15) is 9.36 Å². The van der Waals surface area contributed by atoms with Gasteiger partial charge in [0, 0.05) is 12.2 Å². The van der Waals surface area contributed by atoms with E-state index in [4.69, 9.17) is 13.6 Å². The minimum Gasteiger partial charge on any atom is -0.308 e. The van der Waals surface area contributed by atoms with Crippen LogP contribution in [0.15, 0.2) is 9.32 Å². The first-order valence-electron chi connectivity index (χ1n) is 7.62. The lowest BCUT2D eigenvalue weighted by molar-refractivity contribution is 0.224. The molecule has 1 aliphatic rings. The van der Waals surface area contributed by atoms with Gasteiger partial charge in [0.05, 0.1) is 24.7 Å². The van der Waals surface area contributed by atoms with Crippen molar-refractivity contribution in [3.63, 3.8) is 0 Å². The summed E-state index contributed by atoms with van der Waals surface area (Å²) in [7, 11) is -3.04. The van der Waals surface area contributed by atoms with E-state index in [1.807, 2.05) is 0 Å². The van der Waals surface area contributed by atoms with Crippen molar-refractivity contribution in [3.8, 4) is 0 Å². The summed E-state index contributed by atoms with van der Waals surface area (Å²) in [4.78, 5) is 11.8. The highest BCUT2D eigenvalue weighted by Crippen LogP contribution is 2.51. The molecule has 0 N–H and O–H groups in total. The lowest BCUT2D eigenvalue weighted by atomic mass is 10.1. The molecule has 0 amide bonds. The van der Waals surface area contributed by atoms with E-state index in [1.165, 1.54) is 11.8 Å². The minimum atomic E-state index is -3.04. The lowest BCUT2D eigenvalue weighted by Gasteiger charge is -2.19.